The smallest absolute Gasteiger partial charge is 0.254 e. The van der Waals surface area contributed by atoms with Crippen molar-refractivity contribution in [1.29, 1.82) is 0 Å². The molecule has 21 heavy (non-hydrogen) atoms. The van der Waals surface area contributed by atoms with Crippen molar-refractivity contribution in [3.63, 3.8) is 0 Å². The monoisotopic (exact) mass is 294 g/mol. The Morgan fingerprint density at radius 2 is 2.14 bits per heavy atom. The zero-order chi connectivity index (χ0) is 15.4. The Hall–Kier alpha value is -2.31. The minimum absolute atomic E-state index is 0.323. The lowest BCUT2D eigenvalue weighted by molar-refractivity contribution is 0.0927. The fourth-order valence-corrected chi connectivity index (χ4v) is 2.05. The highest BCUT2D eigenvalue weighted by atomic mass is 19.2. The molecule has 0 bridgehead atoms. The predicted molar refractivity (Wildman–Crippen MR) is 72.6 cm³/mol. The molecule has 1 aromatic carbocycles. The molecular formula is C14H16F2N4O. The summed E-state index contributed by atoms with van der Waals surface area (Å²) in [4.78, 5) is 16.2. The van der Waals surface area contributed by atoms with E-state index in [1.165, 1.54) is 18.5 Å². The van der Waals surface area contributed by atoms with E-state index in [2.05, 4.69) is 15.4 Å². The highest BCUT2D eigenvalue weighted by Crippen LogP contribution is 2.16. The minimum atomic E-state index is -1.15. The number of rotatable bonds is 5. The van der Waals surface area contributed by atoms with E-state index < -0.39 is 23.6 Å². The first-order valence-electron chi connectivity index (χ1n) is 6.71. The van der Waals surface area contributed by atoms with Crippen molar-refractivity contribution in [3.8, 4) is 0 Å². The maximum Gasteiger partial charge on any atom is 0.254 e. The minimum Gasteiger partial charge on any atom is -0.342 e. The van der Waals surface area contributed by atoms with E-state index in [1.807, 2.05) is 13.8 Å². The number of aromatic nitrogens is 3. The van der Waals surface area contributed by atoms with Gasteiger partial charge in [0.15, 0.2) is 11.6 Å². The molecular weight excluding hydrogens is 278 g/mol. The summed E-state index contributed by atoms with van der Waals surface area (Å²) in [6, 6.07) is 3.09. The lowest BCUT2D eigenvalue weighted by Crippen LogP contribution is -2.31. The van der Waals surface area contributed by atoms with Gasteiger partial charge in [0, 0.05) is 6.54 Å². The highest BCUT2D eigenvalue weighted by Gasteiger charge is 2.21. The molecule has 0 spiro atoms. The van der Waals surface area contributed by atoms with E-state index in [1.54, 1.807) is 4.68 Å². The van der Waals surface area contributed by atoms with Gasteiger partial charge in [-0.3, -0.25) is 4.79 Å². The molecule has 0 unspecified atom stereocenters. The Morgan fingerprint density at radius 1 is 1.38 bits per heavy atom. The van der Waals surface area contributed by atoms with E-state index in [-0.39, 0.29) is 5.56 Å². The topological polar surface area (TPSA) is 59.8 Å². The third-order valence-corrected chi connectivity index (χ3v) is 3.17. The average molecular weight is 294 g/mol. The Kier molecular flexibility index (Phi) is 4.62. The SMILES string of the molecule is CC[C@@H](NC(=O)c1cccc(F)c1F)c1ncnn1CC. The summed E-state index contributed by atoms with van der Waals surface area (Å²) >= 11 is 0. The number of aryl methyl sites for hydroxylation is 1. The van der Waals surface area contributed by atoms with Crippen molar-refractivity contribution in [2.75, 3.05) is 0 Å². The molecule has 1 heterocycles. The van der Waals surface area contributed by atoms with Crippen molar-refractivity contribution < 1.29 is 13.6 Å². The van der Waals surface area contributed by atoms with Gasteiger partial charge in [0.1, 0.15) is 12.2 Å². The van der Waals surface area contributed by atoms with E-state index in [0.717, 1.165) is 6.07 Å². The second kappa shape index (κ2) is 6.43. The van der Waals surface area contributed by atoms with Crippen LogP contribution in [0.2, 0.25) is 0 Å². The van der Waals surface area contributed by atoms with Gasteiger partial charge in [0.05, 0.1) is 11.6 Å². The Morgan fingerprint density at radius 3 is 2.81 bits per heavy atom. The van der Waals surface area contributed by atoms with E-state index in [9.17, 15) is 13.6 Å². The Labute approximate surface area is 121 Å². The molecule has 112 valence electrons. The summed E-state index contributed by atoms with van der Waals surface area (Å²) in [6.07, 6.45) is 1.96. The quantitative estimate of drug-likeness (QED) is 0.921. The summed E-state index contributed by atoms with van der Waals surface area (Å²) in [5, 5.41) is 6.69. The number of halogens is 2. The summed E-state index contributed by atoms with van der Waals surface area (Å²) in [5.74, 6) is -2.29. The molecule has 0 radical (unpaired) electrons. The van der Waals surface area contributed by atoms with Crippen LogP contribution in [0.15, 0.2) is 24.5 Å². The first kappa shape index (κ1) is 15.1. The zero-order valence-electron chi connectivity index (χ0n) is 11.8. The molecule has 1 atom stereocenters. The predicted octanol–water partition coefficient (Wildman–Crippen LogP) is 2.46. The van der Waals surface area contributed by atoms with Gasteiger partial charge in [-0.2, -0.15) is 5.10 Å². The van der Waals surface area contributed by atoms with Gasteiger partial charge in [-0.1, -0.05) is 13.0 Å². The number of benzene rings is 1. The third kappa shape index (κ3) is 3.07. The normalized spacial score (nSPS) is 12.2. The van der Waals surface area contributed by atoms with Gasteiger partial charge < -0.3 is 5.32 Å². The molecule has 0 saturated heterocycles. The molecule has 2 rings (SSSR count). The van der Waals surface area contributed by atoms with E-state index in [4.69, 9.17) is 0 Å². The van der Waals surface area contributed by atoms with Crippen LogP contribution in [0, 0.1) is 11.6 Å². The van der Waals surface area contributed by atoms with Crippen LogP contribution in [0.1, 0.15) is 42.5 Å². The molecule has 0 aliphatic rings. The van der Waals surface area contributed by atoms with Gasteiger partial charge in [-0.25, -0.2) is 18.4 Å². The fourth-order valence-electron chi connectivity index (χ4n) is 2.05. The summed E-state index contributed by atoms with van der Waals surface area (Å²) < 4.78 is 28.4. The Balaban J connectivity index is 2.23. The number of nitrogens with zero attached hydrogens (tertiary/aromatic N) is 3. The van der Waals surface area contributed by atoms with Gasteiger partial charge >= 0.3 is 0 Å². The highest BCUT2D eigenvalue weighted by molar-refractivity contribution is 5.94. The van der Waals surface area contributed by atoms with E-state index >= 15 is 0 Å². The van der Waals surface area contributed by atoms with Crippen molar-refractivity contribution in [1.82, 2.24) is 20.1 Å². The van der Waals surface area contributed by atoms with Crippen LogP contribution in [0.5, 0.6) is 0 Å². The van der Waals surface area contributed by atoms with Crippen LogP contribution in [-0.4, -0.2) is 20.7 Å². The average Bonchev–Trinajstić information content (AvgIpc) is 2.95. The zero-order valence-corrected chi connectivity index (χ0v) is 11.8. The second-order valence-corrected chi connectivity index (χ2v) is 4.47. The fraction of sp³-hybridized carbons (Fsp3) is 0.357. The maximum atomic E-state index is 13.6. The van der Waals surface area contributed by atoms with Gasteiger partial charge in [0.2, 0.25) is 0 Å². The number of hydrogen-bond donors (Lipinski definition) is 1. The molecule has 7 heteroatoms. The molecule has 0 aliphatic carbocycles. The molecule has 2 aromatic rings. The van der Waals surface area contributed by atoms with Crippen molar-refractivity contribution in [2.24, 2.45) is 0 Å². The molecule has 1 N–H and O–H groups in total. The molecule has 5 nitrogen and oxygen atoms in total. The standard InChI is InChI=1S/C14H16F2N4O/c1-3-11(13-17-8-18-20(13)4-2)19-14(21)9-6-5-7-10(15)12(9)16/h5-8,11H,3-4H2,1-2H3,(H,19,21)/t11-/m1/s1. The summed E-state index contributed by atoms with van der Waals surface area (Å²) in [7, 11) is 0. The maximum absolute atomic E-state index is 13.6. The van der Waals surface area contributed by atoms with Gasteiger partial charge in [0.25, 0.3) is 5.91 Å². The molecule has 0 saturated carbocycles. The second-order valence-electron chi connectivity index (χ2n) is 4.47. The first-order chi connectivity index (χ1) is 10.1. The Bertz CT molecular complexity index is 642. The first-order valence-corrected chi connectivity index (χ1v) is 6.71. The number of amides is 1. The number of carbonyl (C=O) groups excluding carboxylic acids is 1. The molecule has 0 aliphatic heterocycles. The lowest BCUT2D eigenvalue weighted by Gasteiger charge is -2.17. The molecule has 1 amide bonds. The van der Waals surface area contributed by atoms with Crippen LogP contribution in [0.3, 0.4) is 0 Å². The van der Waals surface area contributed by atoms with Gasteiger partial charge in [-0.15, -0.1) is 0 Å². The third-order valence-electron chi connectivity index (χ3n) is 3.17. The van der Waals surface area contributed by atoms with Crippen molar-refractivity contribution in [2.45, 2.75) is 32.9 Å². The molecule has 0 fully saturated rings. The molecule has 1 aromatic heterocycles. The lowest BCUT2D eigenvalue weighted by atomic mass is 10.1. The van der Waals surface area contributed by atoms with Crippen molar-refractivity contribution in [3.05, 3.63) is 47.5 Å². The number of nitrogens with one attached hydrogen (secondary N) is 1. The summed E-state index contributed by atoms with van der Waals surface area (Å²) in [5.41, 5.74) is -0.323. The van der Waals surface area contributed by atoms with Crippen LogP contribution in [0.4, 0.5) is 8.78 Å². The largest absolute Gasteiger partial charge is 0.342 e. The van der Waals surface area contributed by atoms with E-state index in [0.29, 0.717) is 18.8 Å². The van der Waals surface area contributed by atoms with Crippen LogP contribution >= 0.6 is 0 Å². The van der Waals surface area contributed by atoms with Crippen LogP contribution in [-0.2, 0) is 6.54 Å². The van der Waals surface area contributed by atoms with Crippen LogP contribution < -0.4 is 5.32 Å². The number of hydrogen-bond acceptors (Lipinski definition) is 3. The summed E-state index contributed by atoms with van der Waals surface area (Å²) in [6.45, 7) is 4.37. The van der Waals surface area contributed by atoms with Gasteiger partial charge in [-0.05, 0) is 25.5 Å². The number of carbonyl (C=O) groups is 1. The van der Waals surface area contributed by atoms with Crippen LogP contribution in [0.25, 0.3) is 0 Å². The van der Waals surface area contributed by atoms with Crippen molar-refractivity contribution >= 4 is 5.91 Å².